The minimum atomic E-state index is -4.69. The van der Waals surface area contributed by atoms with Crippen molar-refractivity contribution in [3.8, 4) is 5.69 Å². The summed E-state index contributed by atoms with van der Waals surface area (Å²) in [5.74, 6) is -0.0493. The van der Waals surface area contributed by atoms with Gasteiger partial charge in [-0.2, -0.15) is 23.3 Å². The highest BCUT2D eigenvalue weighted by Crippen LogP contribution is 2.39. The van der Waals surface area contributed by atoms with E-state index in [2.05, 4.69) is 36.3 Å². The quantitative estimate of drug-likeness (QED) is 0.350. The maximum atomic E-state index is 13.1. The van der Waals surface area contributed by atoms with Gasteiger partial charge in [0.2, 0.25) is 11.9 Å². The third kappa shape index (κ3) is 4.82. The molecule has 1 saturated heterocycles. The molecule has 39 heavy (non-hydrogen) atoms. The van der Waals surface area contributed by atoms with E-state index in [4.69, 9.17) is 4.98 Å². The first-order chi connectivity index (χ1) is 18.6. The summed E-state index contributed by atoms with van der Waals surface area (Å²) in [6.07, 6.45) is -0.403. The van der Waals surface area contributed by atoms with Crippen molar-refractivity contribution in [1.29, 1.82) is 0 Å². The number of piperidine rings is 1. The minimum Gasteiger partial charge on any atom is -0.380 e. The van der Waals surface area contributed by atoms with Gasteiger partial charge in [0.15, 0.2) is 11.2 Å². The first-order valence-electron chi connectivity index (χ1n) is 12.7. The number of rotatable bonds is 4. The molecule has 13 heteroatoms. The van der Waals surface area contributed by atoms with Gasteiger partial charge < -0.3 is 15.3 Å². The number of carbonyl (C=O) groups excluding carboxylic acids is 1. The molecule has 0 radical (unpaired) electrons. The summed E-state index contributed by atoms with van der Waals surface area (Å²) in [7, 11) is 0. The summed E-state index contributed by atoms with van der Waals surface area (Å²) in [4.78, 5) is 28.0. The number of alkyl halides is 3. The average Bonchev–Trinajstić information content (AvgIpc) is 3.52. The van der Waals surface area contributed by atoms with Gasteiger partial charge in [-0.1, -0.05) is 6.07 Å². The zero-order chi connectivity index (χ0) is 27.4. The Kier molecular flexibility index (Phi) is 6.45. The smallest absolute Gasteiger partial charge is 0.380 e. The molecular formula is C26H25BrF3N7O2. The number of aromatic nitrogens is 5. The number of halogens is 4. The second-order valence-electron chi connectivity index (χ2n) is 10.2. The van der Waals surface area contributed by atoms with Gasteiger partial charge in [0.05, 0.1) is 16.6 Å². The van der Waals surface area contributed by atoms with Crippen LogP contribution in [0.25, 0.3) is 27.6 Å². The summed E-state index contributed by atoms with van der Waals surface area (Å²) < 4.78 is 41.7. The molecule has 0 spiro atoms. The normalized spacial score (nSPS) is 21.5. The third-order valence-corrected chi connectivity index (χ3v) is 8.34. The van der Waals surface area contributed by atoms with Crippen LogP contribution >= 0.6 is 15.9 Å². The Morgan fingerprint density at radius 2 is 1.95 bits per heavy atom. The number of hydrogen-bond donors (Lipinski definition) is 2. The third-order valence-electron chi connectivity index (χ3n) is 7.76. The van der Waals surface area contributed by atoms with E-state index in [1.165, 1.54) is 4.90 Å². The number of pyridine rings is 1. The van der Waals surface area contributed by atoms with Crippen molar-refractivity contribution in [1.82, 2.24) is 29.6 Å². The van der Waals surface area contributed by atoms with Crippen LogP contribution in [-0.4, -0.2) is 71.6 Å². The number of likely N-dealkylation sites (tertiary alicyclic amines) is 1. The highest BCUT2D eigenvalue weighted by Gasteiger charge is 2.55. The largest absolute Gasteiger partial charge is 0.417 e. The van der Waals surface area contributed by atoms with Gasteiger partial charge >= 0.3 is 6.18 Å². The number of fused-ring (bicyclic) bond motifs is 2. The first-order valence-corrected chi connectivity index (χ1v) is 13.5. The molecule has 2 fully saturated rings. The Hall–Kier alpha value is -3.32. The van der Waals surface area contributed by atoms with Crippen LogP contribution in [0.4, 0.5) is 19.1 Å². The monoisotopic (exact) mass is 603 g/mol. The molecule has 1 aliphatic heterocycles. The Balaban J connectivity index is 1.15. The van der Waals surface area contributed by atoms with E-state index in [1.54, 1.807) is 17.1 Å². The van der Waals surface area contributed by atoms with Gasteiger partial charge in [-0.25, -0.2) is 9.67 Å². The molecule has 6 rings (SSSR count). The standard InChI is InChI=1S/C26H25BrF3N7O2/c27-21-19-14-32-24(34-22(19)37(35-21)18-5-6-20-15(13-18)2-1-9-31-20)33-17-4-3-16(12-17)23(38)36-10-7-25(39,8-11-36)26(28,29)30/h1-2,5-6,9,13-14,16-17,39H,3-4,7-8,10-12H2,(H,32,33,34)/t16-,17-/m1/s1. The average molecular weight is 604 g/mol. The lowest BCUT2D eigenvalue weighted by Crippen LogP contribution is -2.55. The molecule has 1 amide bonds. The summed E-state index contributed by atoms with van der Waals surface area (Å²) >= 11 is 3.49. The van der Waals surface area contributed by atoms with E-state index in [9.17, 15) is 23.1 Å². The Morgan fingerprint density at radius 3 is 2.72 bits per heavy atom. The fraction of sp³-hybridized carbons (Fsp3) is 0.423. The molecular weight excluding hydrogens is 579 g/mol. The highest BCUT2D eigenvalue weighted by atomic mass is 79.9. The fourth-order valence-corrected chi connectivity index (χ4v) is 5.91. The molecule has 1 aliphatic carbocycles. The number of aliphatic hydroxyl groups is 1. The van der Waals surface area contributed by atoms with E-state index < -0.39 is 24.6 Å². The minimum absolute atomic E-state index is 0.0557. The number of carbonyl (C=O) groups is 1. The zero-order valence-corrected chi connectivity index (χ0v) is 22.3. The lowest BCUT2D eigenvalue weighted by molar-refractivity contribution is -0.272. The van der Waals surface area contributed by atoms with Crippen LogP contribution in [-0.2, 0) is 4.79 Å². The molecule has 2 aliphatic rings. The van der Waals surface area contributed by atoms with E-state index in [-0.39, 0.29) is 31.0 Å². The van der Waals surface area contributed by atoms with Crippen molar-refractivity contribution in [2.45, 2.75) is 49.9 Å². The Morgan fingerprint density at radius 1 is 1.15 bits per heavy atom. The van der Waals surface area contributed by atoms with Crippen molar-refractivity contribution in [2.24, 2.45) is 5.92 Å². The van der Waals surface area contributed by atoms with Crippen LogP contribution in [0.3, 0.4) is 0 Å². The number of amides is 1. The number of nitrogens with one attached hydrogen (secondary N) is 1. The molecule has 2 N–H and O–H groups in total. The van der Waals surface area contributed by atoms with E-state index in [0.717, 1.165) is 22.0 Å². The van der Waals surface area contributed by atoms with Gasteiger partial charge in [0.25, 0.3) is 0 Å². The summed E-state index contributed by atoms with van der Waals surface area (Å²) in [6, 6.07) is 9.63. The maximum Gasteiger partial charge on any atom is 0.417 e. The predicted molar refractivity (Wildman–Crippen MR) is 141 cm³/mol. The fourth-order valence-electron chi connectivity index (χ4n) is 5.47. The Labute approximate surface area is 229 Å². The van der Waals surface area contributed by atoms with Gasteiger partial charge in [0.1, 0.15) is 4.60 Å². The zero-order valence-electron chi connectivity index (χ0n) is 20.7. The second kappa shape index (κ2) is 9.70. The molecule has 9 nitrogen and oxygen atoms in total. The van der Waals surface area contributed by atoms with Crippen LogP contribution in [0.2, 0.25) is 0 Å². The first kappa shape index (κ1) is 25.9. The van der Waals surface area contributed by atoms with Crippen molar-refractivity contribution < 1.29 is 23.1 Å². The second-order valence-corrected chi connectivity index (χ2v) is 11.0. The van der Waals surface area contributed by atoms with Crippen LogP contribution in [0.1, 0.15) is 32.1 Å². The van der Waals surface area contributed by atoms with Crippen molar-refractivity contribution in [2.75, 3.05) is 18.4 Å². The summed E-state index contributed by atoms with van der Waals surface area (Å²) in [5.41, 5.74) is -0.412. The molecule has 1 saturated carbocycles. The lowest BCUT2D eigenvalue weighted by Gasteiger charge is -2.39. The van der Waals surface area contributed by atoms with E-state index in [1.807, 2.05) is 30.3 Å². The molecule has 4 aromatic rings. The van der Waals surface area contributed by atoms with Crippen molar-refractivity contribution >= 4 is 49.7 Å². The van der Waals surface area contributed by atoms with Crippen molar-refractivity contribution in [3.63, 3.8) is 0 Å². The van der Waals surface area contributed by atoms with Gasteiger partial charge in [0, 0.05) is 55.7 Å². The highest BCUT2D eigenvalue weighted by molar-refractivity contribution is 9.10. The van der Waals surface area contributed by atoms with E-state index >= 15 is 0 Å². The van der Waals surface area contributed by atoms with Crippen LogP contribution in [0, 0.1) is 5.92 Å². The predicted octanol–water partition coefficient (Wildman–Crippen LogP) is 4.62. The van der Waals surface area contributed by atoms with Crippen LogP contribution < -0.4 is 5.32 Å². The molecule has 0 bridgehead atoms. The van der Waals surface area contributed by atoms with Crippen LogP contribution in [0.15, 0.2) is 47.3 Å². The van der Waals surface area contributed by atoms with Gasteiger partial charge in [-0.3, -0.25) is 9.78 Å². The van der Waals surface area contributed by atoms with Gasteiger partial charge in [-0.15, -0.1) is 0 Å². The van der Waals surface area contributed by atoms with Crippen molar-refractivity contribution in [3.05, 3.63) is 47.3 Å². The lowest BCUT2D eigenvalue weighted by atomic mass is 9.90. The number of hydrogen-bond acceptors (Lipinski definition) is 7. The summed E-state index contributed by atoms with van der Waals surface area (Å²) in [6.45, 7) is -0.208. The van der Waals surface area contributed by atoms with Crippen LogP contribution in [0.5, 0.6) is 0 Å². The SMILES string of the molecule is O=C([C@@H]1CC[C@@H](Nc2ncc3c(Br)nn(-c4ccc5ncccc5c4)c3n2)C1)N1CCC(O)(C(F)(F)F)CC1. The number of anilines is 1. The summed E-state index contributed by atoms with van der Waals surface area (Å²) in [5, 5.41) is 19.5. The Bertz CT molecular complexity index is 1550. The molecule has 204 valence electrons. The molecule has 3 aromatic heterocycles. The molecule has 2 atom stereocenters. The topological polar surface area (TPSA) is 109 Å². The molecule has 4 heterocycles. The molecule has 0 unspecified atom stereocenters. The van der Waals surface area contributed by atoms with Gasteiger partial charge in [-0.05, 0) is 59.5 Å². The molecule has 1 aromatic carbocycles. The number of nitrogens with zero attached hydrogens (tertiary/aromatic N) is 6. The number of benzene rings is 1. The maximum absolute atomic E-state index is 13.1. The van der Waals surface area contributed by atoms with E-state index in [0.29, 0.717) is 35.5 Å².